The number of hydrogen-bond donors (Lipinski definition) is 2. The van der Waals surface area contributed by atoms with E-state index >= 15 is 0 Å². The lowest BCUT2D eigenvalue weighted by Crippen LogP contribution is -2.50. The molecule has 0 aromatic heterocycles. The quantitative estimate of drug-likeness (QED) is 0.528. The Morgan fingerprint density at radius 2 is 1.90 bits per heavy atom. The predicted molar refractivity (Wildman–Crippen MR) is 103 cm³/mol. The van der Waals surface area contributed by atoms with Gasteiger partial charge in [-0.05, 0) is 38.5 Å². The van der Waals surface area contributed by atoms with Crippen LogP contribution in [0.4, 0.5) is 16.2 Å². The molecule has 0 aliphatic carbocycles. The molecule has 11 nitrogen and oxygen atoms in total. The summed E-state index contributed by atoms with van der Waals surface area (Å²) in [5.41, 5.74) is 2.32. The third-order valence-electron chi connectivity index (χ3n) is 4.14. The van der Waals surface area contributed by atoms with Crippen LogP contribution in [-0.4, -0.2) is 65.3 Å². The third kappa shape index (κ3) is 6.57. The number of rotatable bonds is 6. The van der Waals surface area contributed by atoms with Crippen molar-refractivity contribution in [2.45, 2.75) is 33.0 Å². The van der Waals surface area contributed by atoms with Crippen molar-refractivity contribution in [3.05, 3.63) is 33.9 Å². The summed E-state index contributed by atoms with van der Waals surface area (Å²) in [5, 5.41) is 20.6. The minimum atomic E-state index is -0.786. The molecule has 1 fully saturated rings. The summed E-state index contributed by atoms with van der Waals surface area (Å²) in [5.74, 6) is -0.320. The van der Waals surface area contributed by atoms with Crippen LogP contribution in [0.5, 0.6) is 0 Å². The lowest BCUT2D eigenvalue weighted by atomic mass is 10.1. The fourth-order valence-corrected chi connectivity index (χ4v) is 2.82. The normalized spacial score (nSPS) is 14.5. The Morgan fingerprint density at radius 1 is 1.24 bits per heavy atom. The molecule has 0 saturated carbocycles. The fourth-order valence-electron chi connectivity index (χ4n) is 2.82. The van der Waals surface area contributed by atoms with Crippen molar-refractivity contribution < 1.29 is 29.2 Å². The zero-order chi connectivity index (χ0) is 21.6. The monoisotopic (exact) mass is 410 g/mol. The Balaban J connectivity index is 1.87. The molecule has 1 aliphatic rings. The van der Waals surface area contributed by atoms with Gasteiger partial charge in [-0.25, -0.2) is 4.79 Å². The summed E-state index contributed by atoms with van der Waals surface area (Å²) < 4.78 is 5.00. The maximum absolute atomic E-state index is 12.2. The molecule has 1 saturated heterocycles. The molecule has 1 aromatic carbocycles. The van der Waals surface area contributed by atoms with Gasteiger partial charge >= 0.3 is 6.09 Å². The van der Waals surface area contributed by atoms with Crippen LogP contribution in [0.3, 0.4) is 0 Å². The Kier molecular flexibility index (Phi) is 7.35. The van der Waals surface area contributed by atoms with Crippen LogP contribution in [0.15, 0.2) is 18.2 Å². The van der Waals surface area contributed by atoms with Gasteiger partial charge < -0.3 is 19.6 Å². The second-order valence-corrected chi connectivity index (χ2v) is 7.50. The topological polar surface area (TPSA) is 134 Å². The molecule has 11 heteroatoms. The maximum Gasteiger partial charge on any atom is 0.431 e. The van der Waals surface area contributed by atoms with E-state index in [1.165, 1.54) is 12.1 Å². The number of piperazine rings is 1. The number of anilines is 1. The second-order valence-electron chi connectivity index (χ2n) is 7.50. The van der Waals surface area contributed by atoms with Gasteiger partial charge in [0.15, 0.2) is 6.61 Å². The molecule has 2 N–H and O–H groups in total. The minimum absolute atomic E-state index is 0.0492. The van der Waals surface area contributed by atoms with E-state index in [-0.39, 0.29) is 24.8 Å². The molecule has 29 heavy (non-hydrogen) atoms. The zero-order valence-electron chi connectivity index (χ0n) is 16.7. The van der Waals surface area contributed by atoms with Gasteiger partial charge in [0.25, 0.3) is 11.6 Å². The zero-order valence-corrected chi connectivity index (χ0v) is 16.7. The number of aliphatic hydroxyl groups excluding tert-OH is 1. The number of nitro benzene ring substituents is 1. The van der Waals surface area contributed by atoms with E-state index in [1.54, 1.807) is 36.6 Å². The van der Waals surface area contributed by atoms with Crippen LogP contribution in [0.1, 0.15) is 26.3 Å². The molecule has 0 atom stereocenters. The third-order valence-corrected chi connectivity index (χ3v) is 4.14. The van der Waals surface area contributed by atoms with E-state index in [1.807, 2.05) is 0 Å². The van der Waals surface area contributed by atoms with Gasteiger partial charge in [-0.2, -0.15) is 5.48 Å². The highest BCUT2D eigenvalue weighted by molar-refractivity contribution is 5.78. The van der Waals surface area contributed by atoms with Crippen LogP contribution < -0.4 is 10.4 Å². The van der Waals surface area contributed by atoms with Crippen molar-refractivity contribution >= 4 is 23.4 Å². The summed E-state index contributed by atoms with van der Waals surface area (Å²) in [4.78, 5) is 42.8. The van der Waals surface area contributed by atoms with Gasteiger partial charge in [-0.15, -0.1) is 0 Å². The lowest BCUT2D eigenvalue weighted by Gasteiger charge is -2.35. The van der Waals surface area contributed by atoms with Crippen molar-refractivity contribution in [1.29, 1.82) is 0 Å². The van der Waals surface area contributed by atoms with E-state index in [2.05, 4.69) is 5.48 Å². The highest BCUT2D eigenvalue weighted by atomic mass is 16.7. The smallest absolute Gasteiger partial charge is 0.431 e. The average molecular weight is 410 g/mol. The minimum Gasteiger partial charge on any atom is -0.442 e. The molecule has 1 heterocycles. The number of aliphatic hydroxyl groups is 1. The van der Waals surface area contributed by atoms with Crippen molar-refractivity contribution in [3.63, 3.8) is 0 Å². The molecule has 0 bridgehead atoms. The number of benzene rings is 1. The maximum atomic E-state index is 12.2. The Labute approximate surface area is 168 Å². The molecule has 0 unspecified atom stereocenters. The molecule has 2 rings (SSSR count). The molecule has 1 aromatic rings. The number of nitrogens with zero attached hydrogens (tertiary/aromatic N) is 3. The van der Waals surface area contributed by atoms with Crippen LogP contribution in [0.2, 0.25) is 0 Å². The van der Waals surface area contributed by atoms with Crippen LogP contribution in [0, 0.1) is 10.1 Å². The Bertz CT molecular complexity index is 755. The van der Waals surface area contributed by atoms with Gasteiger partial charge in [0.2, 0.25) is 0 Å². The fraction of sp³-hybridized carbons (Fsp3) is 0.556. The highest BCUT2D eigenvalue weighted by Gasteiger charge is 2.26. The first-order chi connectivity index (χ1) is 13.6. The van der Waals surface area contributed by atoms with Gasteiger partial charge in [0.05, 0.1) is 11.5 Å². The number of carbonyl (C=O) groups excluding carboxylic acids is 2. The summed E-state index contributed by atoms with van der Waals surface area (Å²) in [6, 6.07) is 4.47. The number of carbonyl (C=O) groups is 2. The summed E-state index contributed by atoms with van der Waals surface area (Å²) >= 11 is 0. The second kappa shape index (κ2) is 9.52. The van der Waals surface area contributed by atoms with Crippen molar-refractivity contribution in [2.75, 3.05) is 37.7 Å². The average Bonchev–Trinajstić information content (AvgIpc) is 2.66. The highest BCUT2D eigenvalue weighted by Crippen LogP contribution is 2.30. The molecule has 2 amide bonds. The van der Waals surface area contributed by atoms with Crippen molar-refractivity contribution in [1.82, 2.24) is 10.4 Å². The molecular weight excluding hydrogens is 384 g/mol. The first-order valence-corrected chi connectivity index (χ1v) is 9.12. The van der Waals surface area contributed by atoms with E-state index in [9.17, 15) is 24.8 Å². The molecule has 0 radical (unpaired) electrons. The number of amides is 2. The summed E-state index contributed by atoms with van der Waals surface area (Å²) in [6.07, 6.45) is -0.786. The molecule has 1 aliphatic heterocycles. The largest absolute Gasteiger partial charge is 0.442 e. The summed E-state index contributed by atoms with van der Waals surface area (Å²) in [7, 11) is 0. The van der Waals surface area contributed by atoms with Crippen molar-refractivity contribution in [2.24, 2.45) is 0 Å². The van der Waals surface area contributed by atoms with Gasteiger partial charge in [0, 0.05) is 32.2 Å². The lowest BCUT2D eigenvalue weighted by molar-refractivity contribution is -0.384. The Morgan fingerprint density at radius 3 is 2.45 bits per heavy atom. The van der Waals surface area contributed by atoms with Gasteiger partial charge in [0.1, 0.15) is 11.3 Å². The van der Waals surface area contributed by atoms with E-state index in [0.29, 0.717) is 37.4 Å². The first-order valence-electron chi connectivity index (χ1n) is 9.12. The van der Waals surface area contributed by atoms with Crippen LogP contribution >= 0.6 is 0 Å². The van der Waals surface area contributed by atoms with E-state index in [4.69, 9.17) is 9.57 Å². The molecule has 160 valence electrons. The van der Waals surface area contributed by atoms with E-state index in [0.717, 1.165) is 0 Å². The number of nitro groups is 1. The van der Waals surface area contributed by atoms with Crippen molar-refractivity contribution in [3.8, 4) is 0 Å². The predicted octanol–water partition coefficient (Wildman–Crippen LogP) is 1.19. The van der Waals surface area contributed by atoms with Gasteiger partial charge in [-0.3, -0.25) is 19.7 Å². The standard InChI is InChI=1S/C18H26N4O7/c1-18(2,3)29-17(25)19-28-12-16(24)21-8-6-20(7-9-21)15-10-13(11-23)4-5-14(15)22(26)27/h4-5,10,23H,6-9,11-12H2,1-3H3,(H,19,25). The van der Waals surface area contributed by atoms with Crippen LogP contribution in [0.25, 0.3) is 0 Å². The first kappa shape index (κ1) is 22.4. The number of hydroxylamine groups is 1. The number of ether oxygens (including phenoxy) is 1. The Hall–Kier alpha value is -2.92. The molecule has 0 spiro atoms. The molecular formula is C18H26N4O7. The number of hydrogen-bond acceptors (Lipinski definition) is 8. The summed E-state index contributed by atoms with van der Waals surface area (Å²) in [6.45, 7) is 6.02. The van der Waals surface area contributed by atoms with Crippen LogP contribution in [-0.2, 0) is 21.0 Å². The SMILES string of the molecule is CC(C)(C)OC(=O)NOCC(=O)N1CCN(c2cc(CO)ccc2[N+](=O)[O-])CC1. The van der Waals surface area contributed by atoms with E-state index < -0.39 is 16.6 Å². The number of nitrogens with one attached hydrogen (secondary N) is 1. The van der Waals surface area contributed by atoms with Gasteiger partial charge in [-0.1, -0.05) is 0 Å².